The van der Waals surface area contributed by atoms with Crippen molar-refractivity contribution in [1.29, 1.82) is 10.5 Å². The van der Waals surface area contributed by atoms with Crippen molar-refractivity contribution in [3.8, 4) is 12.1 Å². The number of thioether (sulfide) groups is 1. The molecule has 0 bridgehead atoms. The second-order valence-corrected chi connectivity index (χ2v) is 14.6. The number of carbonyl (C=O) groups is 2. The lowest BCUT2D eigenvalue weighted by atomic mass is 9.89. The summed E-state index contributed by atoms with van der Waals surface area (Å²) < 4.78 is 69.4. The maximum atomic E-state index is 16.0. The van der Waals surface area contributed by atoms with Crippen LogP contribution in [-0.4, -0.2) is 82.2 Å². The number of likely N-dealkylation sites (N-methyl/N-ethyl adjacent to an activating group) is 1. The van der Waals surface area contributed by atoms with Gasteiger partial charge in [0.2, 0.25) is 0 Å². The number of halogens is 3. The van der Waals surface area contributed by atoms with Crippen molar-refractivity contribution >= 4 is 29.8 Å². The number of benzene rings is 3. The molecule has 290 valence electrons. The number of hydrogen-bond acceptors (Lipinski definition) is 12. The lowest BCUT2D eigenvalue weighted by Gasteiger charge is -2.40. The molecule has 1 aliphatic rings. The van der Waals surface area contributed by atoms with Gasteiger partial charge in [-0.1, -0.05) is 30.4 Å². The Balaban J connectivity index is 1.40. The van der Waals surface area contributed by atoms with Gasteiger partial charge in [0.05, 0.1) is 60.4 Å². The van der Waals surface area contributed by atoms with Crippen molar-refractivity contribution in [2.24, 2.45) is 0 Å². The van der Waals surface area contributed by atoms with E-state index < -0.39 is 46.5 Å². The summed E-state index contributed by atoms with van der Waals surface area (Å²) in [6.07, 6.45) is 8.31. The molecular weight excluding hydrogens is 750 g/mol. The lowest BCUT2D eigenvalue weighted by molar-refractivity contribution is -0.146. The maximum Gasteiger partial charge on any atom is 0.339 e. The number of ether oxygens (including phenoxy) is 4. The average molecular weight is 787 g/mol. The molecule has 16 heteroatoms. The third-order valence-electron chi connectivity index (χ3n) is 8.55. The number of carbonyl (C=O) groups excluding carboxylic acids is 2. The van der Waals surface area contributed by atoms with Crippen LogP contribution in [0.4, 0.5) is 13.2 Å². The van der Waals surface area contributed by atoms with Crippen LogP contribution in [0, 0.1) is 40.1 Å². The first-order valence-electron chi connectivity index (χ1n) is 17.2. The molecule has 12 nitrogen and oxygen atoms in total. The highest BCUT2D eigenvalue weighted by Crippen LogP contribution is 2.42. The third kappa shape index (κ3) is 10.7. The fraction of sp³-hybridized carbons (Fsp3) is 0.300. The molecule has 2 heterocycles. The zero-order valence-electron chi connectivity index (χ0n) is 30.6. The largest absolute Gasteiger partial charge is 0.460 e. The van der Waals surface area contributed by atoms with Gasteiger partial charge < -0.3 is 18.9 Å². The highest BCUT2D eigenvalue weighted by molar-refractivity contribution is 8.00. The molecule has 5 rings (SSSR count). The van der Waals surface area contributed by atoms with Gasteiger partial charge in [-0.2, -0.15) is 15.6 Å². The van der Waals surface area contributed by atoms with Gasteiger partial charge >= 0.3 is 11.9 Å². The van der Waals surface area contributed by atoms with E-state index in [4.69, 9.17) is 24.2 Å². The van der Waals surface area contributed by atoms with Crippen molar-refractivity contribution in [3.05, 3.63) is 136 Å². The summed E-state index contributed by atoms with van der Waals surface area (Å²) in [5.41, 5.74) is -1.25. The molecule has 3 aromatic carbocycles. The van der Waals surface area contributed by atoms with Gasteiger partial charge in [-0.15, -0.1) is 11.8 Å². The Kier molecular flexibility index (Phi) is 14.2. The van der Waals surface area contributed by atoms with E-state index in [0.29, 0.717) is 11.6 Å². The number of esters is 2. The topological polar surface area (TPSA) is 153 Å². The van der Waals surface area contributed by atoms with Crippen LogP contribution in [0.15, 0.2) is 85.5 Å². The molecule has 1 fully saturated rings. The predicted octanol–water partition coefficient (Wildman–Crippen LogP) is 5.93. The number of hydrogen-bond donors (Lipinski definition) is 0. The molecule has 0 unspecified atom stereocenters. The van der Waals surface area contributed by atoms with E-state index in [1.807, 2.05) is 12.1 Å². The van der Waals surface area contributed by atoms with Crippen LogP contribution in [0.1, 0.15) is 45.1 Å². The summed E-state index contributed by atoms with van der Waals surface area (Å²) in [4.78, 5) is 32.3. The van der Waals surface area contributed by atoms with Gasteiger partial charge in [0, 0.05) is 28.0 Å². The van der Waals surface area contributed by atoms with E-state index in [9.17, 15) is 23.6 Å². The zero-order chi connectivity index (χ0) is 40.2. The van der Waals surface area contributed by atoms with E-state index in [2.05, 4.69) is 10.1 Å². The summed E-state index contributed by atoms with van der Waals surface area (Å²) in [7, 11) is 3.39. The molecule has 4 aromatic rings. The van der Waals surface area contributed by atoms with Crippen molar-refractivity contribution in [2.45, 2.75) is 42.5 Å². The molecule has 0 radical (unpaired) electrons. The first kappa shape index (κ1) is 41.4. The Morgan fingerprint density at radius 3 is 2.43 bits per heavy atom. The summed E-state index contributed by atoms with van der Waals surface area (Å²) in [6, 6.07) is 15.2. The van der Waals surface area contributed by atoms with Gasteiger partial charge in [-0.25, -0.2) is 27.6 Å². The van der Waals surface area contributed by atoms with Crippen molar-refractivity contribution in [2.75, 3.05) is 33.9 Å². The van der Waals surface area contributed by atoms with E-state index in [0.717, 1.165) is 12.1 Å². The number of nitrogens with zero attached hydrogens (tertiary/aromatic N) is 6. The molecule has 0 amide bonds. The molecular formula is C40H37F3N6O6S. The summed E-state index contributed by atoms with van der Waals surface area (Å²) >= 11 is 1.28. The van der Waals surface area contributed by atoms with Crippen molar-refractivity contribution < 1.29 is 41.7 Å². The van der Waals surface area contributed by atoms with Crippen LogP contribution >= 0.6 is 11.8 Å². The zero-order valence-corrected chi connectivity index (χ0v) is 31.4. The summed E-state index contributed by atoms with van der Waals surface area (Å²) in [5, 5.41) is 21.7. The minimum absolute atomic E-state index is 0.0144. The molecule has 0 saturated carbocycles. The van der Waals surface area contributed by atoms with E-state index in [1.54, 1.807) is 44.1 Å². The molecule has 0 aliphatic carbocycles. The van der Waals surface area contributed by atoms with E-state index in [1.165, 1.54) is 71.6 Å². The molecule has 0 N–H and O–H groups in total. The number of allylic oxidation sites excluding steroid dienone is 2. The second-order valence-electron chi connectivity index (χ2n) is 12.9. The quantitative estimate of drug-likeness (QED) is 0.104. The Hall–Kier alpha value is -5.78. The first-order chi connectivity index (χ1) is 26.9. The highest BCUT2D eigenvalue weighted by Gasteiger charge is 2.47. The molecule has 1 saturated heterocycles. The highest BCUT2D eigenvalue weighted by atomic mass is 32.2. The fourth-order valence-corrected chi connectivity index (χ4v) is 7.13. The number of nitriles is 2. The Bertz CT molecular complexity index is 2160. The van der Waals surface area contributed by atoms with Crippen LogP contribution in [-0.2, 0) is 42.5 Å². The SMILES string of the molecule is C[C@@H](S[C@H]1CO[C@H](/C=C/C=C/c2ccc(C#N)cc2F)OC1)[C@@](Cn1cncn1)(OC(=O)c1cc(C#N)ccc1COC(=O)CN(C)C)c1ccc(F)cc1F. The molecule has 0 spiro atoms. The number of aromatic nitrogens is 3. The van der Waals surface area contributed by atoms with Crippen molar-refractivity contribution in [3.63, 3.8) is 0 Å². The van der Waals surface area contributed by atoms with Crippen LogP contribution in [0.3, 0.4) is 0 Å². The van der Waals surface area contributed by atoms with E-state index in [-0.39, 0.29) is 66.0 Å². The summed E-state index contributed by atoms with van der Waals surface area (Å²) in [6.45, 7) is 1.47. The Labute approximate surface area is 325 Å². The smallest absolute Gasteiger partial charge is 0.339 e. The maximum absolute atomic E-state index is 16.0. The lowest BCUT2D eigenvalue weighted by Crippen LogP contribution is -2.47. The first-order valence-corrected chi connectivity index (χ1v) is 18.1. The van der Waals surface area contributed by atoms with E-state index >= 15 is 4.39 Å². The van der Waals surface area contributed by atoms with Crippen molar-refractivity contribution in [1.82, 2.24) is 19.7 Å². The van der Waals surface area contributed by atoms with Gasteiger partial charge in [0.1, 0.15) is 36.7 Å². The normalized spacial score (nSPS) is 17.3. The Morgan fingerprint density at radius 1 is 1.04 bits per heavy atom. The van der Waals surface area contributed by atoms with Gasteiger partial charge in [-0.3, -0.25) is 9.69 Å². The Morgan fingerprint density at radius 2 is 1.77 bits per heavy atom. The van der Waals surface area contributed by atoms with Gasteiger partial charge in [0.15, 0.2) is 11.9 Å². The standard InChI is InChI=1S/C40H37F3N6O6S/c1-26(56-32-21-53-38(54-22-32)7-5-4-6-29-10-8-28(18-45)15-35(29)42)40(23-49-25-46-24-47-49,34-13-12-31(41)16-36(34)43)55-39(51)33-14-27(17-44)9-11-30(33)20-52-37(50)19-48(2)3/h4-16,24-26,32,38H,19-23H2,1-3H3/b6-4+,7-5+/t26-,32-,38-,40-/m1/s1. The number of rotatable bonds is 15. The van der Waals surface area contributed by atoms with Gasteiger partial charge in [-0.05, 0) is 63.5 Å². The predicted molar refractivity (Wildman–Crippen MR) is 199 cm³/mol. The van der Waals surface area contributed by atoms with Crippen LogP contribution in [0.2, 0.25) is 0 Å². The molecule has 2 atom stereocenters. The summed E-state index contributed by atoms with van der Waals surface area (Å²) in [5.74, 6) is -3.88. The molecule has 1 aliphatic heterocycles. The third-order valence-corrected chi connectivity index (χ3v) is 9.99. The fourth-order valence-electron chi connectivity index (χ4n) is 5.77. The minimum Gasteiger partial charge on any atom is -0.460 e. The monoisotopic (exact) mass is 786 g/mol. The minimum atomic E-state index is -1.88. The second kappa shape index (κ2) is 19.2. The average Bonchev–Trinajstić information content (AvgIpc) is 3.69. The van der Waals surface area contributed by atoms with Crippen LogP contribution in [0.25, 0.3) is 6.08 Å². The molecule has 1 aromatic heterocycles. The van der Waals surface area contributed by atoms with Crippen LogP contribution < -0.4 is 0 Å². The van der Waals surface area contributed by atoms with Crippen LogP contribution in [0.5, 0.6) is 0 Å². The molecule has 56 heavy (non-hydrogen) atoms. The van der Waals surface area contributed by atoms with Gasteiger partial charge in [0.25, 0.3) is 0 Å².